The summed E-state index contributed by atoms with van der Waals surface area (Å²) in [7, 11) is 0. The van der Waals surface area contributed by atoms with Crippen LogP contribution in [0, 0.1) is 11.8 Å². The predicted octanol–water partition coefficient (Wildman–Crippen LogP) is -0.0137. The molecule has 1 aliphatic heterocycles. The molecule has 0 spiro atoms. The van der Waals surface area contributed by atoms with E-state index in [-0.39, 0.29) is 25.0 Å². The van der Waals surface area contributed by atoms with Crippen molar-refractivity contribution >= 4 is 17.6 Å². The molecular weight excluding hydrogens is 258 g/mol. The van der Waals surface area contributed by atoms with E-state index in [1.54, 1.807) is 18.2 Å². The van der Waals surface area contributed by atoms with Gasteiger partial charge in [0.2, 0.25) is 11.8 Å². The predicted molar refractivity (Wildman–Crippen MR) is 72.6 cm³/mol. The van der Waals surface area contributed by atoms with Gasteiger partial charge in [0.25, 0.3) is 0 Å². The number of aliphatic hydroxyl groups is 1. The summed E-state index contributed by atoms with van der Waals surface area (Å²) in [5.41, 5.74) is 0.467. The fourth-order valence-electron chi connectivity index (χ4n) is 1.93. The average molecular weight is 273 g/mol. The molecule has 104 valence electrons. The second kappa shape index (κ2) is 6.68. The number of likely N-dealkylation sites (tertiary alicyclic amines) is 1. The molecule has 1 aromatic heterocycles. The molecule has 2 N–H and O–H groups in total. The van der Waals surface area contributed by atoms with Crippen molar-refractivity contribution < 1.29 is 14.7 Å². The number of nitrogens with one attached hydrogen (secondary N) is 1. The highest BCUT2D eigenvalue weighted by Gasteiger charge is 2.22. The van der Waals surface area contributed by atoms with Gasteiger partial charge in [-0.1, -0.05) is 12.0 Å². The Labute approximate surface area is 116 Å². The minimum atomic E-state index is -0.278. The van der Waals surface area contributed by atoms with Crippen LogP contribution in [0.15, 0.2) is 18.2 Å². The van der Waals surface area contributed by atoms with E-state index in [9.17, 15) is 9.59 Å². The van der Waals surface area contributed by atoms with Crippen LogP contribution < -0.4 is 5.32 Å². The van der Waals surface area contributed by atoms with Gasteiger partial charge in [0, 0.05) is 13.0 Å². The highest BCUT2D eigenvalue weighted by molar-refractivity contribution is 5.94. The number of amides is 2. The van der Waals surface area contributed by atoms with Crippen molar-refractivity contribution in [2.75, 3.05) is 25.0 Å². The van der Waals surface area contributed by atoms with Gasteiger partial charge in [-0.25, -0.2) is 4.98 Å². The van der Waals surface area contributed by atoms with Crippen LogP contribution >= 0.6 is 0 Å². The summed E-state index contributed by atoms with van der Waals surface area (Å²) in [6.45, 7) is 0.435. The number of nitrogens with zero attached hydrogens (tertiary/aromatic N) is 2. The van der Waals surface area contributed by atoms with Crippen LogP contribution in [0.3, 0.4) is 0 Å². The Morgan fingerprint density at radius 2 is 2.35 bits per heavy atom. The van der Waals surface area contributed by atoms with Gasteiger partial charge in [-0.2, -0.15) is 0 Å². The molecule has 0 bridgehead atoms. The lowest BCUT2D eigenvalue weighted by Gasteiger charge is -2.14. The van der Waals surface area contributed by atoms with Gasteiger partial charge in [0.1, 0.15) is 18.1 Å². The molecule has 0 saturated carbocycles. The zero-order chi connectivity index (χ0) is 14.4. The van der Waals surface area contributed by atoms with Gasteiger partial charge in [-0.3, -0.25) is 9.59 Å². The number of rotatable bonds is 3. The summed E-state index contributed by atoms with van der Waals surface area (Å²) in [5.74, 6) is 5.26. The number of hydrogen-bond donors (Lipinski definition) is 2. The van der Waals surface area contributed by atoms with E-state index in [1.807, 2.05) is 0 Å². The summed E-state index contributed by atoms with van der Waals surface area (Å²) in [5, 5.41) is 11.2. The number of aromatic nitrogens is 1. The molecule has 6 nitrogen and oxygen atoms in total. The fourth-order valence-corrected chi connectivity index (χ4v) is 1.93. The Morgan fingerprint density at radius 3 is 3.05 bits per heavy atom. The first kappa shape index (κ1) is 14.0. The lowest BCUT2D eigenvalue weighted by atomic mass is 10.3. The topological polar surface area (TPSA) is 82.5 Å². The molecule has 1 saturated heterocycles. The first-order valence-corrected chi connectivity index (χ1v) is 6.33. The highest BCUT2D eigenvalue weighted by atomic mass is 16.2. The molecular formula is C14H15N3O3. The van der Waals surface area contributed by atoms with Gasteiger partial charge in [-0.05, 0) is 24.5 Å². The normalized spacial score (nSPS) is 13.8. The van der Waals surface area contributed by atoms with Crippen molar-refractivity contribution in [3.05, 3.63) is 23.9 Å². The van der Waals surface area contributed by atoms with E-state index < -0.39 is 0 Å². The monoisotopic (exact) mass is 273 g/mol. The Kier molecular flexibility index (Phi) is 4.69. The molecule has 2 heterocycles. The molecule has 2 amide bonds. The summed E-state index contributed by atoms with van der Waals surface area (Å²) >= 11 is 0. The van der Waals surface area contributed by atoms with Crippen molar-refractivity contribution in [2.24, 2.45) is 0 Å². The Balaban J connectivity index is 1.95. The van der Waals surface area contributed by atoms with Gasteiger partial charge < -0.3 is 15.3 Å². The van der Waals surface area contributed by atoms with Crippen LogP contribution in [0.5, 0.6) is 0 Å². The number of hydrogen-bond acceptors (Lipinski definition) is 4. The smallest absolute Gasteiger partial charge is 0.245 e. The third-order valence-electron chi connectivity index (χ3n) is 2.82. The summed E-state index contributed by atoms with van der Waals surface area (Å²) in [4.78, 5) is 28.9. The second-order valence-corrected chi connectivity index (χ2v) is 4.33. The van der Waals surface area contributed by atoms with E-state index in [4.69, 9.17) is 5.11 Å². The number of aliphatic hydroxyl groups excluding tert-OH is 1. The molecule has 0 aromatic carbocycles. The number of carbonyl (C=O) groups is 2. The van der Waals surface area contributed by atoms with Gasteiger partial charge in [-0.15, -0.1) is 0 Å². The van der Waals surface area contributed by atoms with Crippen LogP contribution in [-0.2, 0) is 9.59 Å². The SMILES string of the molecule is O=C(CN1CCCC1=O)Nc1cccc(C#CCO)n1. The maximum absolute atomic E-state index is 11.8. The number of anilines is 1. The van der Waals surface area contributed by atoms with E-state index in [0.717, 1.165) is 6.42 Å². The van der Waals surface area contributed by atoms with Crippen LogP contribution in [0.1, 0.15) is 18.5 Å². The third kappa shape index (κ3) is 3.80. The van der Waals surface area contributed by atoms with Crippen molar-refractivity contribution in [1.29, 1.82) is 0 Å². The first-order valence-electron chi connectivity index (χ1n) is 6.33. The van der Waals surface area contributed by atoms with E-state index >= 15 is 0 Å². The van der Waals surface area contributed by atoms with Gasteiger partial charge >= 0.3 is 0 Å². The van der Waals surface area contributed by atoms with Crippen LogP contribution in [0.2, 0.25) is 0 Å². The number of pyridine rings is 1. The molecule has 1 fully saturated rings. The zero-order valence-corrected chi connectivity index (χ0v) is 10.9. The molecule has 0 aliphatic carbocycles. The summed E-state index contributed by atoms with van der Waals surface area (Å²) in [6, 6.07) is 5.04. The van der Waals surface area contributed by atoms with Gasteiger partial charge in [0.05, 0.1) is 6.54 Å². The van der Waals surface area contributed by atoms with E-state index in [1.165, 1.54) is 4.90 Å². The van der Waals surface area contributed by atoms with Crippen molar-refractivity contribution in [3.8, 4) is 11.8 Å². The Bertz CT molecular complexity index is 575. The standard InChI is InChI=1S/C14H15N3O3/c18-9-3-5-11-4-1-6-12(15-11)16-13(19)10-17-8-2-7-14(17)20/h1,4,6,18H,2,7-10H2,(H,15,16,19). The largest absolute Gasteiger partial charge is 0.384 e. The minimum absolute atomic E-state index is 0.00988. The first-order chi connectivity index (χ1) is 9.69. The second-order valence-electron chi connectivity index (χ2n) is 4.33. The van der Waals surface area contributed by atoms with Crippen molar-refractivity contribution in [1.82, 2.24) is 9.88 Å². The highest BCUT2D eigenvalue weighted by Crippen LogP contribution is 2.10. The molecule has 6 heteroatoms. The number of carbonyl (C=O) groups excluding carboxylic acids is 2. The molecule has 0 radical (unpaired) electrons. The lowest BCUT2D eigenvalue weighted by Crippen LogP contribution is -2.34. The minimum Gasteiger partial charge on any atom is -0.384 e. The lowest BCUT2D eigenvalue weighted by molar-refractivity contribution is -0.131. The van der Waals surface area contributed by atoms with Crippen LogP contribution in [-0.4, -0.2) is 46.5 Å². The molecule has 20 heavy (non-hydrogen) atoms. The molecule has 1 aromatic rings. The van der Waals surface area contributed by atoms with E-state index in [0.29, 0.717) is 24.5 Å². The average Bonchev–Trinajstić information content (AvgIpc) is 2.82. The van der Waals surface area contributed by atoms with Crippen LogP contribution in [0.4, 0.5) is 5.82 Å². The van der Waals surface area contributed by atoms with Crippen molar-refractivity contribution in [2.45, 2.75) is 12.8 Å². The molecule has 0 atom stereocenters. The molecule has 0 unspecified atom stereocenters. The zero-order valence-electron chi connectivity index (χ0n) is 10.9. The third-order valence-corrected chi connectivity index (χ3v) is 2.82. The molecule has 2 rings (SSSR count). The van der Waals surface area contributed by atoms with Crippen molar-refractivity contribution in [3.63, 3.8) is 0 Å². The van der Waals surface area contributed by atoms with Gasteiger partial charge in [0.15, 0.2) is 0 Å². The Hall–Kier alpha value is -2.39. The maximum Gasteiger partial charge on any atom is 0.245 e. The van der Waals surface area contributed by atoms with E-state index in [2.05, 4.69) is 22.1 Å². The maximum atomic E-state index is 11.8. The molecule has 1 aliphatic rings. The summed E-state index contributed by atoms with van der Waals surface area (Å²) in [6.07, 6.45) is 1.31. The van der Waals surface area contributed by atoms with Crippen LogP contribution in [0.25, 0.3) is 0 Å². The quantitative estimate of drug-likeness (QED) is 0.759. The summed E-state index contributed by atoms with van der Waals surface area (Å²) < 4.78 is 0. The fraction of sp³-hybridized carbons (Fsp3) is 0.357. The Morgan fingerprint density at radius 1 is 1.50 bits per heavy atom.